The maximum Gasteiger partial charge on any atom is 0.433 e. The topological polar surface area (TPSA) is 77.0 Å². The summed E-state index contributed by atoms with van der Waals surface area (Å²) in [5, 5.41) is 7.92. The number of nitriles is 1. The first kappa shape index (κ1) is 21.1. The zero-order valence-electron chi connectivity index (χ0n) is 15.0. The molecule has 0 radical (unpaired) electrons. The lowest BCUT2D eigenvalue weighted by atomic mass is 10.1. The molecule has 0 saturated carbocycles. The lowest BCUT2D eigenvalue weighted by Crippen LogP contribution is -2.42. The highest BCUT2D eigenvalue weighted by molar-refractivity contribution is 6.31. The molecule has 30 heavy (non-hydrogen) atoms. The predicted molar refractivity (Wildman–Crippen MR) is 98.5 cm³/mol. The Bertz CT molecular complexity index is 1250. The van der Waals surface area contributed by atoms with Gasteiger partial charge in [0.25, 0.3) is 5.56 Å². The fourth-order valence-electron chi connectivity index (χ4n) is 2.71. The molecule has 0 aliphatic rings. The number of hydrogen-bond acceptors (Lipinski definition) is 4. The predicted octanol–water partition coefficient (Wildman–Crippen LogP) is 4.01. The largest absolute Gasteiger partial charge is 0.456 e. The molecule has 11 heteroatoms. The van der Waals surface area contributed by atoms with E-state index in [-0.39, 0.29) is 26.2 Å². The number of ether oxygens (including phenoxy) is 1. The van der Waals surface area contributed by atoms with Gasteiger partial charge in [-0.15, -0.1) is 0 Å². The molecule has 6 nitrogen and oxygen atoms in total. The van der Waals surface area contributed by atoms with E-state index in [4.69, 9.17) is 16.3 Å². The van der Waals surface area contributed by atoms with Crippen molar-refractivity contribution in [2.45, 2.75) is 6.18 Å². The molecule has 0 amide bonds. The number of hydrogen-bond donors (Lipinski definition) is 0. The van der Waals surface area contributed by atoms with E-state index in [0.717, 1.165) is 13.1 Å². The van der Waals surface area contributed by atoms with Crippen LogP contribution in [0.4, 0.5) is 17.6 Å². The van der Waals surface area contributed by atoms with Gasteiger partial charge in [0, 0.05) is 13.1 Å². The van der Waals surface area contributed by atoms with Crippen LogP contribution >= 0.6 is 11.6 Å². The molecule has 1 heterocycles. The first-order valence-corrected chi connectivity index (χ1v) is 8.49. The summed E-state index contributed by atoms with van der Waals surface area (Å²) < 4.78 is 59.9. The minimum absolute atomic E-state index is 0.0963. The maximum absolute atomic E-state index is 14.6. The monoisotopic (exact) mass is 439 g/mol. The highest BCUT2D eigenvalue weighted by Gasteiger charge is 2.39. The van der Waals surface area contributed by atoms with Crippen molar-refractivity contribution in [1.82, 2.24) is 9.13 Å². The standard InChI is InChI=1S/C19H10ClF4N3O3/c1-26-16(19(22,23)24)15(20)17(28)27(18(26)29)13-8-14(10(9-25)7-12(13)21)30-11-5-3-2-4-6-11/h2-8H,1H3. The van der Waals surface area contributed by atoms with Crippen LogP contribution in [-0.4, -0.2) is 9.13 Å². The number of rotatable bonds is 3. The van der Waals surface area contributed by atoms with Gasteiger partial charge in [-0.1, -0.05) is 29.8 Å². The van der Waals surface area contributed by atoms with Crippen LogP contribution < -0.4 is 16.0 Å². The molecule has 0 fully saturated rings. The van der Waals surface area contributed by atoms with Gasteiger partial charge in [0.15, 0.2) is 5.69 Å². The molecule has 0 bridgehead atoms. The van der Waals surface area contributed by atoms with Crippen LogP contribution in [-0.2, 0) is 13.2 Å². The molecule has 154 valence electrons. The number of benzene rings is 2. The van der Waals surface area contributed by atoms with E-state index in [9.17, 15) is 32.4 Å². The van der Waals surface area contributed by atoms with Crippen LogP contribution in [0.15, 0.2) is 52.1 Å². The average molecular weight is 440 g/mol. The van der Waals surface area contributed by atoms with E-state index in [1.54, 1.807) is 24.3 Å². The van der Waals surface area contributed by atoms with Crippen molar-refractivity contribution in [3.63, 3.8) is 0 Å². The Hall–Kier alpha value is -3.58. The summed E-state index contributed by atoms with van der Waals surface area (Å²) in [7, 11) is 0.746. The summed E-state index contributed by atoms with van der Waals surface area (Å²) in [5.74, 6) is -1.16. The van der Waals surface area contributed by atoms with Crippen LogP contribution in [0.1, 0.15) is 11.3 Å². The van der Waals surface area contributed by atoms with Gasteiger partial charge in [-0.2, -0.15) is 18.4 Å². The lowest BCUT2D eigenvalue weighted by Gasteiger charge is -2.17. The van der Waals surface area contributed by atoms with Crippen molar-refractivity contribution in [3.8, 4) is 23.3 Å². The first-order chi connectivity index (χ1) is 14.1. The van der Waals surface area contributed by atoms with Gasteiger partial charge >= 0.3 is 11.9 Å². The van der Waals surface area contributed by atoms with Crippen molar-refractivity contribution >= 4 is 11.6 Å². The molecule has 0 unspecified atom stereocenters. The Kier molecular flexibility index (Phi) is 5.41. The van der Waals surface area contributed by atoms with Gasteiger partial charge in [0.2, 0.25) is 0 Å². The Morgan fingerprint density at radius 1 is 1.13 bits per heavy atom. The van der Waals surface area contributed by atoms with Gasteiger partial charge in [0.05, 0.1) is 11.3 Å². The van der Waals surface area contributed by atoms with Gasteiger partial charge in [-0.05, 0) is 18.2 Å². The Balaban J connectivity index is 2.29. The number of alkyl halides is 3. The van der Waals surface area contributed by atoms with E-state index in [0.29, 0.717) is 6.07 Å². The van der Waals surface area contributed by atoms with Crippen molar-refractivity contribution in [2.75, 3.05) is 0 Å². The van der Waals surface area contributed by atoms with Crippen LogP contribution in [0.3, 0.4) is 0 Å². The fourth-order valence-corrected chi connectivity index (χ4v) is 3.03. The van der Waals surface area contributed by atoms with Crippen molar-refractivity contribution in [1.29, 1.82) is 5.26 Å². The zero-order chi connectivity index (χ0) is 22.2. The van der Waals surface area contributed by atoms with Crippen molar-refractivity contribution in [3.05, 3.63) is 85.4 Å². The third-order valence-corrected chi connectivity index (χ3v) is 4.40. The second kappa shape index (κ2) is 7.68. The highest BCUT2D eigenvalue weighted by atomic mass is 35.5. The van der Waals surface area contributed by atoms with E-state index in [2.05, 4.69) is 0 Å². The SMILES string of the molecule is Cn1c(C(F)(F)F)c(Cl)c(=O)n(-c2cc(Oc3ccccc3)c(C#N)cc2F)c1=O. The number of para-hydroxylation sites is 1. The molecular formula is C19H10ClF4N3O3. The first-order valence-electron chi connectivity index (χ1n) is 8.12. The second-order valence-corrected chi connectivity index (χ2v) is 6.35. The van der Waals surface area contributed by atoms with E-state index in [1.807, 2.05) is 0 Å². The van der Waals surface area contributed by atoms with E-state index >= 15 is 0 Å². The quantitative estimate of drug-likeness (QED) is 0.578. The molecule has 0 aliphatic heterocycles. The lowest BCUT2D eigenvalue weighted by molar-refractivity contribution is -0.143. The number of aromatic nitrogens is 2. The van der Waals surface area contributed by atoms with Crippen LogP contribution in [0.25, 0.3) is 5.69 Å². The molecule has 0 spiro atoms. The van der Waals surface area contributed by atoms with Crippen LogP contribution in [0.5, 0.6) is 11.5 Å². The van der Waals surface area contributed by atoms with Crippen molar-refractivity contribution in [2.24, 2.45) is 7.05 Å². The molecular weight excluding hydrogens is 430 g/mol. The zero-order valence-corrected chi connectivity index (χ0v) is 15.8. The van der Waals surface area contributed by atoms with Crippen LogP contribution in [0, 0.1) is 17.1 Å². The minimum atomic E-state index is -5.09. The third kappa shape index (κ3) is 3.67. The molecule has 1 aromatic heterocycles. The van der Waals surface area contributed by atoms with Crippen molar-refractivity contribution < 1.29 is 22.3 Å². The molecule has 0 aliphatic carbocycles. The highest BCUT2D eigenvalue weighted by Crippen LogP contribution is 2.33. The van der Waals surface area contributed by atoms with Gasteiger partial charge in [-0.25, -0.2) is 13.8 Å². The van der Waals surface area contributed by atoms with Gasteiger partial charge < -0.3 is 4.74 Å². The average Bonchev–Trinajstić information content (AvgIpc) is 2.68. The molecule has 0 saturated heterocycles. The Morgan fingerprint density at radius 3 is 2.33 bits per heavy atom. The number of nitrogens with zero attached hydrogens (tertiary/aromatic N) is 3. The smallest absolute Gasteiger partial charge is 0.433 e. The summed E-state index contributed by atoms with van der Waals surface area (Å²) in [6, 6.07) is 11.3. The third-order valence-electron chi connectivity index (χ3n) is 4.06. The number of halogens is 5. The normalized spacial score (nSPS) is 11.2. The summed E-state index contributed by atoms with van der Waals surface area (Å²) in [6.45, 7) is 0. The Morgan fingerprint density at radius 2 is 1.77 bits per heavy atom. The van der Waals surface area contributed by atoms with Gasteiger partial charge in [-0.3, -0.25) is 9.36 Å². The van der Waals surface area contributed by atoms with Crippen LogP contribution in [0.2, 0.25) is 5.02 Å². The molecule has 3 rings (SSSR count). The Labute approximate surface area is 170 Å². The molecule has 3 aromatic rings. The maximum atomic E-state index is 14.6. The molecule has 0 atom stereocenters. The summed E-state index contributed by atoms with van der Waals surface area (Å²) in [6.07, 6.45) is -5.09. The fraction of sp³-hybridized carbons (Fsp3) is 0.105. The summed E-state index contributed by atoms with van der Waals surface area (Å²) in [5.41, 5.74) is -5.69. The van der Waals surface area contributed by atoms with E-state index < -0.39 is 39.6 Å². The molecule has 0 N–H and O–H groups in total. The molecule has 2 aromatic carbocycles. The minimum Gasteiger partial charge on any atom is -0.456 e. The van der Waals surface area contributed by atoms with E-state index in [1.165, 1.54) is 12.1 Å². The van der Waals surface area contributed by atoms with Gasteiger partial charge in [0.1, 0.15) is 28.4 Å². The summed E-state index contributed by atoms with van der Waals surface area (Å²) in [4.78, 5) is 24.9. The second-order valence-electron chi connectivity index (χ2n) is 5.97. The summed E-state index contributed by atoms with van der Waals surface area (Å²) >= 11 is 5.57.